The van der Waals surface area contributed by atoms with Crippen molar-refractivity contribution in [2.75, 3.05) is 27.2 Å². The Hall–Kier alpha value is -2.26. The minimum absolute atomic E-state index is 0.154. The fraction of sp³-hybridized carbons (Fsp3) is 0.467. The number of nitrogens with two attached hydrogens (primary N) is 1. The summed E-state index contributed by atoms with van der Waals surface area (Å²) in [6, 6.07) is 2.01. The van der Waals surface area contributed by atoms with Gasteiger partial charge in [-0.15, -0.1) is 0 Å². The number of hydrogen-bond donors (Lipinski definition) is 2. The van der Waals surface area contributed by atoms with Gasteiger partial charge in [0.05, 0.1) is 12.5 Å². The first-order valence-electron chi connectivity index (χ1n) is 6.63. The van der Waals surface area contributed by atoms with Gasteiger partial charge in [-0.1, -0.05) is 18.7 Å². The highest BCUT2D eigenvalue weighted by molar-refractivity contribution is 5.68. The fourth-order valence-corrected chi connectivity index (χ4v) is 1.50. The molecule has 0 radical (unpaired) electrons. The van der Waals surface area contributed by atoms with Crippen molar-refractivity contribution in [2.24, 2.45) is 5.73 Å². The minimum atomic E-state index is -0.566. The van der Waals surface area contributed by atoms with E-state index in [-0.39, 0.29) is 13.0 Å². The van der Waals surface area contributed by atoms with Gasteiger partial charge in [-0.05, 0) is 32.7 Å². The number of likely N-dealkylation sites (N-methyl/N-ethyl adjacent to an activating group) is 1. The Morgan fingerprint density at radius 3 is 2.71 bits per heavy atom. The summed E-state index contributed by atoms with van der Waals surface area (Å²) in [7, 11) is 3.70. The molecule has 0 saturated carbocycles. The third-order valence-electron chi connectivity index (χ3n) is 2.55. The Bertz CT molecular complexity index is 447. The van der Waals surface area contributed by atoms with Gasteiger partial charge in [0.15, 0.2) is 0 Å². The van der Waals surface area contributed by atoms with Gasteiger partial charge in [0, 0.05) is 18.8 Å². The maximum absolute atomic E-state index is 11.7. The summed E-state index contributed by atoms with van der Waals surface area (Å²) in [5.74, 6) is 0. The van der Waals surface area contributed by atoms with Crippen LogP contribution in [0.25, 0.3) is 0 Å². The van der Waals surface area contributed by atoms with Crippen molar-refractivity contribution in [2.45, 2.75) is 19.4 Å². The van der Waals surface area contributed by atoms with Crippen LogP contribution in [0.2, 0.25) is 0 Å². The quantitative estimate of drug-likeness (QED) is 0.662. The Kier molecular flexibility index (Phi) is 9.39. The highest BCUT2D eigenvalue weighted by Crippen LogP contribution is 2.02. The number of carbonyl (C=O) groups excluding carboxylic acids is 1. The molecule has 1 atom stereocenters. The average Bonchev–Trinajstić information content (AvgIpc) is 2.42. The molecular formula is C15H24N4O2. The summed E-state index contributed by atoms with van der Waals surface area (Å²) in [6.07, 6.45) is 4.22. The van der Waals surface area contributed by atoms with E-state index in [0.717, 1.165) is 5.57 Å². The normalized spacial score (nSPS) is 13.5. The van der Waals surface area contributed by atoms with E-state index in [2.05, 4.69) is 11.9 Å². The summed E-state index contributed by atoms with van der Waals surface area (Å²) < 4.78 is 5.21. The van der Waals surface area contributed by atoms with E-state index in [0.29, 0.717) is 12.2 Å². The number of nitrogens with one attached hydrogen (secondary N) is 1. The zero-order valence-electron chi connectivity index (χ0n) is 12.9. The lowest BCUT2D eigenvalue weighted by Crippen LogP contribution is -2.35. The van der Waals surface area contributed by atoms with Gasteiger partial charge in [-0.25, -0.2) is 4.79 Å². The molecule has 0 bridgehead atoms. The molecule has 1 amide bonds. The van der Waals surface area contributed by atoms with Crippen LogP contribution in [0, 0.1) is 11.3 Å². The van der Waals surface area contributed by atoms with E-state index >= 15 is 0 Å². The summed E-state index contributed by atoms with van der Waals surface area (Å²) >= 11 is 0. The van der Waals surface area contributed by atoms with E-state index in [1.165, 1.54) is 0 Å². The van der Waals surface area contributed by atoms with Gasteiger partial charge in [0.1, 0.15) is 6.10 Å². The predicted octanol–water partition coefficient (Wildman–Crippen LogP) is 1.53. The lowest BCUT2D eigenvalue weighted by molar-refractivity contribution is 0.0840. The van der Waals surface area contributed by atoms with Gasteiger partial charge in [0.25, 0.3) is 0 Å². The Labute approximate surface area is 126 Å². The van der Waals surface area contributed by atoms with Crippen molar-refractivity contribution in [3.63, 3.8) is 0 Å². The van der Waals surface area contributed by atoms with Gasteiger partial charge >= 0.3 is 6.09 Å². The first-order chi connectivity index (χ1) is 9.92. The topological polar surface area (TPSA) is 91.4 Å². The first-order valence-corrected chi connectivity index (χ1v) is 6.63. The molecule has 0 unspecified atom stereocenters. The second-order valence-corrected chi connectivity index (χ2v) is 4.72. The van der Waals surface area contributed by atoms with Crippen LogP contribution in [0.5, 0.6) is 0 Å². The van der Waals surface area contributed by atoms with Crippen molar-refractivity contribution in [3.8, 4) is 6.07 Å². The highest BCUT2D eigenvalue weighted by Gasteiger charge is 2.15. The number of nitriles is 1. The van der Waals surface area contributed by atoms with E-state index in [9.17, 15) is 4.79 Å². The van der Waals surface area contributed by atoms with Gasteiger partial charge in [-0.2, -0.15) is 5.26 Å². The lowest BCUT2D eigenvalue weighted by atomic mass is 10.2. The summed E-state index contributed by atoms with van der Waals surface area (Å²) in [5.41, 5.74) is 7.05. The van der Waals surface area contributed by atoms with Gasteiger partial charge in [-0.3, -0.25) is 0 Å². The lowest BCUT2D eigenvalue weighted by Gasteiger charge is -2.19. The van der Waals surface area contributed by atoms with Crippen LogP contribution in [0.3, 0.4) is 0 Å². The van der Waals surface area contributed by atoms with Crippen LogP contribution in [-0.4, -0.2) is 44.3 Å². The molecule has 116 valence electrons. The number of ether oxygens (including phenoxy) is 1. The van der Waals surface area contributed by atoms with E-state index in [4.69, 9.17) is 15.7 Å². The average molecular weight is 292 g/mol. The smallest absolute Gasteiger partial charge is 0.407 e. The number of rotatable bonds is 8. The predicted molar refractivity (Wildman–Crippen MR) is 83.3 cm³/mol. The molecule has 6 nitrogen and oxygen atoms in total. The third-order valence-corrected chi connectivity index (χ3v) is 2.55. The zero-order valence-corrected chi connectivity index (χ0v) is 12.9. The number of hydrogen-bond acceptors (Lipinski definition) is 5. The number of amides is 1. The SMILES string of the molecule is C=C/C(=C\C(N)=C/C)CNC(=O)O[C@@H](CC#N)CN(C)C. The van der Waals surface area contributed by atoms with Gasteiger partial charge < -0.3 is 20.7 Å². The van der Waals surface area contributed by atoms with Crippen molar-refractivity contribution in [3.05, 3.63) is 36.1 Å². The molecule has 0 aromatic carbocycles. The van der Waals surface area contributed by atoms with Crippen LogP contribution < -0.4 is 11.1 Å². The van der Waals surface area contributed by atoms with Crippen molar-refractivity contribution in [1.29, 1.82) is 5.26 Å². The molecule has 0 aromatic heterocycles. The molecule has 0 rings (SSSR count). The third kappa shape index (κ3) is 9.30. The number of alkyl carbamates (subject to hydrolysis) is 1. The van der Waals surface area contributed by atoms with Crippen LogP contribution >= 0.6 is 0 Å². The van der Waals surface area contributed by atoms with Crippen molar-refractivity contribution >= 4 is 6.09 Å². The summed E-state index contributed by atoms with van der Waals surface area (Å²) in [6.45, 7) is 6.24. The van der Waals surface area contributed by atoms with E-state index in [1.54, 1.807) is 18.2 Å². The summed E-state index contributed by atoms with van der Waals surface area (Å²) in [4.78, 5) is 13.6. The molecule has 0 saturated heterocycles. The molecule has 0 aliphatic heterocycles. The molecular weight excluding hydrogens is 268 g/mol. The maximum Gasteiger partial charge on any atom is 0.407 e. The van der Waals surface area contributed by atoms with Crippen LogP contribution in [0.1, 0.15) is 13.3 Å². The molecule has 0 spiro atoms. The maximum atomic E-state index is 11.7. The number of nitrogens with zero attached hydrogens (tertiary/aromatic N) is 2. The molecule has 21 heavy (non-hydrogen) atoms. The van der Waals surface area contributed by atoms with Crippen molar-refractivity contribution in [1.82, 2.24) is 10.2 Å². The second kappa shape index (κ2) is 10.5. The van der Waals surface area contributed by atoms with E-state index in [1.807, 2.05) is 32.0 Å². The number of carbonyl (C=O) groups is 1. The minimum Gasteiger partial charge on any atom is -0.444 e. The zero-order chi connectivity index (χ0) is 16.3. The van der Waals surface area contributed by atoms with Gasteiger partial charge in [0.2, 0.25) is 0 Å². The second-order valence-electron chi connectivity index (χ2n) is 4.72. The summed E-state index contributed by atoms with van der Waals surface area (Å²) in [5, 5.41) is 11.3. The highest BCUT2D eigenvalue weighted by atomic mass is 16.6. The van der Waals surface area contributed by atoms with Crippen LogP contribution in [0.15, 0.2) is 36.1 Å². The Morgan fingerprint density at radius 1 is 1.57 bits per heavy atom. The monoisotopic (exact) mass is 292 g/mol. The van der Waals surface area contributed by atoms with Crippen LogP contribution in [-0.2, 0) is 4.74 Å². The van der Waals surface area contributed by atoms with Crippen LogP contribution in [0.4, 0.5) is 4.79 Å². The van der Waals surface area contributed by atoms with Crippen molar-refractivity contribution < 1.29 is 9.53 Å². The Balaban J connectivity index is 4.44. The molecule has 0 heterocycles. The van der Waals surface area contributed by atoms with E-state index < -0.39 is 12.2 Å². The molecule has 0 aromatic rings. The number of allylic oxidation sites excluding steroid dienone is 2. The molecule has 0 aliphatic rings. The largest absolute Gasteiger partial charge is 0.444 e. The molecule has 0 aliphatic carbocycles. The standard InChI is InChI=1S/C15H24N4O2/c1-5-12(9-13(17)6-2)10-18-15(20)21-14(7-8-16)11-19(3)4/h5-6,9,14H,1,7,10-11,17H2,2-4H3,(H,18,20)/b12-9+,13-6+/t14-/m0/s1. The fourth-order valence-electron chi connectivity index (χ4n) is 1.50. The first kappa shape index (κ1) is 18.7. The molecule has 3 N–H and O–H groups in total. The molecule has 0 fully saturated rings. The molecule has 6 heteroatoms. The Morgan fingerprint density at radius 2 is 2.24 bits per heavy atom.